The summed E-state index contributed by atoms with van der Waals surface area (Å²) in [7, 11) is 0. The van der Waals surface area contributed by atoms with Gasteiger partial charge in [-0.3, -0.25) is 9.59 Å². The molecule has 2 amide bonds. The van der Waals surface area contributed by atoms with E-state index in [0.717, 1.165) is 12.0 Å². The molecule has 1 aromatic carbocycles. The van der Waals surface area contributed by atoms with Crippen molar-refractivity contribution in [1.29, 1.82) is 0 Å². The molecule has 6 nitrogen and oxygen atoms in total. The zero-order valence-electron chi connectivity index (χ0n) is 15.1. The van der Waals surface area contributed by atoms with Gasteiger partial charge in [-0.25, -0.2) is 4.79 Å². The summed E-state index contributed by atoms with van der Waals surface area (Å²) in [6.45, 7) is 2.04. The standard InChI is InChI=1S/C20H22N2O4S/c1-14(15-7-3-2-4-8-15)21-18(23)13-26-20(25)16-9-5-11-22(16)19(24)17-10-6-12-27-17/h2-4,6-8,10,12,14,16H,5,9,11,13H2,1H3,(H,21,23)/t14-,16+/m1/s1. The lowest BCUT2D eigenvalue weighted by molar-refractivity contribution is -0.152. The van der Waals surface area contributed by atoms with Crippen molar-refractivity contribution in [2.75, 3.05) is 13.2 Å². The molecule has 0 aliphatic carbocycles. The Kier molecular flexibility index (Phi) is 6.24. The molecule has 1 aliphatic heterocycles. The fourth-order valence-electron chi connectivity index (χ4n) is 3.14. The number of hydrogen-bond donors (Lipinski definition) is 1. The van der Waals surface area contributed by atoms with Crippen LogP contribution in [0.2, 0.25) is 0 Å². The van der Waals surface area contributed by atoms with Crippen molar-refractivity contribution >= 4 is 29.1 Å². The van der Waals surface area contributed by atoms with E-state index in [-0.39, 0.29) is 24.5 Å². The lowest BCUT2D eigenvalue weighted by Gasteiger charge is -2.22. The Morgan fingerprint density at radius 2 is 2.00 bits per heavy atom. The second-order valence-corrected chi connectivity index (χ2v) is 7.39. The van der Waals surface area contributed by atoms with Crippen LogP contribution in [0.3, 0.4) is 0 Å². The third kappa shape index (κ3) is 4.74. The van der Waals surface area contributed by atoms with Gasteiger partial charge in [-0.2, -0.15) is 0 Å². The van der Waals surface area contributed by atoms with E-state index in [1.165, 1.54) is 11.3 Å². The number of nitrogens with one attached hydrogen (secondary N) is 1. The summed E-state index contributed by atoms with van der Waals surface area (Å²) in [6.07, 6.45) is 1.30. The first-order valence-electron chi connectivity index (χ1n) is 8.91. The molecule has 142 valence electrons. The maximum atomic E-state index is 12.5. The third-order valence-corrected chi connectivity index (χ3v) is 5.40. The lowest BCUT2D eigenvalue weighted by Crippen LogP contribution is -2.42. The molecule has 7 heteroatoms. The maximum absolute atomic E-state index is 12.5. The fourth-order valence-corrected chi connectivity index (χ4v) is 3.82. The quantitative estimate of drug-likeness (QED) is 0.775. The van der Waals surface area contributed by atoms with Gasteiger partial charge in [0.15, 0.2) is 6.61 Å². The zero-order valence-corrected chi connectivity index (χ0v) is 15.9. The number of rotatable bonds is 6. The first-order valence-corrected chi connectivity index (χ1v) is 9.79. The van der Waals surface area contributed by atoms with Crippen molar-refractivity contribution in [2.45, 2.75) is 31.8 Å². The summed E-state index contributed by atoms with van der Waals surface area (Å²) in [6, 6.07) is 12.3. The zero-order chi connectivity index (χ0) is 19.2. The van der Waals surface area contributed by atoms with Crippen LogP contribution < -0.4 is 5.32 Å². The first-order chi connectivity index (χ1) is 13.1. The number of carbonyl (C=O) groups excluding carboxylic acids is 3. The molecule has 1 N–H and O–H groups in total. The van der Waals surface area contributed by atoms with Crippen LogP contribution in [0.15, 0.2) is 47.8 Å². The Morgan fingerprint density at radius 1 is 1.22 bits per heavy atom. The fraction of sp³-hybridized carbons (Fsp3) is 0.350. The van der Waals surface area contributed by atoms with E-state index >= 15 is 0 Å². The monoisotopic (exact) mass is 386 g/mol. The van der Waals surface area contributed by atoms with Crippen molar-refractivity contribution in [3.63, 3.8) is 0 Å². The SMILES string of the molecule is C[C@@H](NC(=O)COC(=O)[C@@H]1CCCN1C(=O)c1cccs1)c1ccccc1. The molecule has 2 aromatic rings. The summed E-state index contributed by atoms with van der Waals surface area (Å²) in [4.78, 5) is 39.1. The van der Waals surface area contributed by atoms with Crippen LogP contribution in [0, 0.1) is 0 Å². The van der Waals surface area contributed by atoms with Crippen LogP contribution in [0.1, 0.15) is 41.0 Å². The first kappa shape index (κ1) is 19.1. The Bertz CT molecular complexity index is 792. The lowest BCUT2D eigenvalue weighted by atomic mass is 10.1. The molecule has 0 saturated carbocycles. The van der Waals surface area contributed by atoms with Crippen molar-refractivity contribution in [3.8, 4) is 0 Å². The highest BCUT2D eigenvalue weighted by molar-refractivity contribution is 7.12. The molecule has 0 spiro atoms. The molecular formula is C20H22N2O4S. The van der Waals surface area contributed by atoms with E-state index in [9.17, 15) is 14.4 Å². The van der Waals surface area contributed by atoms with Gasteiger partial charge in [0.1, 0.15) is 6.04 Å². The van der Waals surface area contributed by atoms with Gasteiger partial charge in [-0.05, 0) is 36.8 Å². The van der Waals surface area contributed by atoms with Crippen LogP contribution in [0.25, 0.3) is 0 Å². The predicted molar refractivity (Wildman–Crippen MR) is 102 cm³/mol. The molecule has 1 saturated heterocycles. The summed E-state index contributed by atoms with van der Waals surface area (Å²) < 4.78 is 5.18. The summed E-state index contributed by atoms with van der Waals surface area (Å²) >= 11 is 1.35. The van der Waals surface area contributed by atoms with Crippen LogP contribution >= 0.6 is 11.3 Å². The maximum Gasteiger partial charge on any atom is 0.329 e. The van der Waals surface area contributed by atoms with Crippen LogP contribution in [0.4, 0.5) is 0 Å². The van der Waals surface area contributed by atoms with Crippen molar-refractivity contribution in [3.05, 3.63) is 58.3 Å². The van der Waals surface area contributed by atoms with E-state index in [4.69, 9.17) is 4.74 Å². The van der Waals surface area contributed by atoms with Gasteiger partial charge in [-0.1, -0.05) is 36.4 Å². The molecule has 1 aliphatic rings. The van der Waals surface area contributed by atoms with E-state index in [0.29, 0.717) is 17.8 Å². The van der Waals surface area contributed by atoms with Crippen LogP contribution in [0.5, 0.6) is 0 Å². The van der Waals surface area contributed by atoms with Gasteiger partial charge in [0.25, 0.3) is 11.8 Å². The highest BCUT2D eigenvalue weighted by Crippen LogP contribution is 2.23. The number of likely N-dealkylation sites (tertiary alicyclic amines) is 1. The third-order valence-electron chi connectivity index (χ3n) is 4.54. The Labute approximate surface area is 162 Å². The number of amides is 2. The van der Waals surface area contributed by atoms with E-state index in [2.05, 4.69) is 5.32 Å². The molecule has 1 fully saturated rings. The van der Waals surface area contributed by atoms with Crippen molar-refractivity contribution in [1.82, 2.24) is 10.2 Å². The normalized spacial score (nSPS) is 17.4. The number of benzene rings is 1. The topological polar surface area (TPSA) is 75.7 Å². The minimum absolute atomic E-state index is 0.161. The van der Waals surface area contributed by atoms with E-state index in [1.807, 2.05) is 42.6 Å². The van der Waals surface area contributed by atoms with Gasteiger partial charge in [0.2, 0.25) is 0 Å². The second-order valence-electron chi connectivity index (χ2n) is 6.44. The van der Waals surface area contributed by atoms with Gasteiger partial charge < -0.3 is 15.0 Å². The average molecular weight is 386 g/mol. The average Bonchev–Trinajstić information content (AvgIpc) is 3.38. The molecule has 0 bridgehead atoms. The Hall–Kier alpha value is -2.67. The largest absolute Gasteiger partial charge is 0.454 e. The molecule has 0 unspecified atom stereocenters. The van der Waals surface area contributed by atoms with E-state index in [1.54, 1.807) is 17.0 Å². The Morgan fingerprint density at radius 3 is 2.70 bits per heavy atom. The van der Waals surface area contributed by atoms with Crippen LogP contribution in [-0.4, -0.2) is 41.9 Å². The molecule has 1 aromatic heterocycles. The van der Waals surface area contributed by atoms with E-state index < -0.39 is 12.0 Å². The highest BCUT2D eigenvalue weighted by Gasteiger charge is 2.36. The molecule has 0 radical (unpaired) electrons. The van der Waals surface area contributed by atoms with Gasteiger partial charge >= 0.3 is 5.97 Å². The van der Waals surface area contributed by atoms with Crippen molar-refractivity contribution in [2.24, 2.45) is 0 Å². The summed E-state index contributed by atoms with van der Waals surface area (Å²) in [5.41, 5.74) is 0.973. The molecule has 2 heterocycles. The van der Waals surface area contributed by atoms with Gasteiger partial charge in [0.05, 0.1) is 10.9 Å². The molecule has 27 heavy (non-hydrogen) atoms. The number of thiophene rings is 1. The number of hydrogen-bond acceptors (Lipinski definition) is 5. The second kappa shape index (κ2) is 8.81. The summed E-state index contributed by atoms with van der Waals surface area (Å²) in [5, 5.41) is 4.63. The predicted octanol–water partition coefficient (Wildman–Crippen LogP) is 2.77. The highest BCUT2D eigenvalue weighted by atomic mass is 32.1. The van der Waals surface area contributed by atoms with Crippen LogP contribution in [-0.2, 0) is 14.3 Å². The number of esters is 1. The smallest absolute Gasteiger partial charge is 0.329 e. The number of ether oxygens (including phenoxy) is 1. The number of nitrogens with zero attached hydrogens (tertiary/aromatic N) is 1. The number of carbonyl (C=O) groups is 3. The van der Waals surface area contributed by atoms with Crippen molar-refractivity contribution < 1.29 is 19.1 Å². The van der Waals surface area contributed by atoms with Gasteiger partial charge in [-0.15, -0.1) is 11.3 Å². The molecular weight excluding hydrogens is 364 g/mol. The summed E-state index contributed by atoms with van der Waals surface area (Å²) in [5.74, 6) is -1.06. The minimum Gasteiger partial charge on any atom is -0.454 e. The molecule has 2 atom stereocenters. The molecule has 3 rings (SSSR count). The Balaban J connectivity index is 1.51. The van der Waals surface area contributed by atoms with Gasteiger partial charge in [0, 0.05) is 6.54 Å². The minimum atomic E-state index is -0.626.